The molecule has 74 heavy (non-hydrogen) atoms. The first-order valence-corrected chi connectivity index (χ1v) is 32.3. The van der Waals surface area contributed by atoms with Crippen LogP contribution in [-0.2, 0) is 12.8 Å². The van der Waals surface area contributed by atoms with Gasteiger partial charge in [0.15, 0.2) is 0 Å². The van der Waals surface area contributed by atoms with Crippen LogP contribution in [0.2, 0.25) is 0 Å². The van der Waals surface area contributed by atoms with Crippen molar-refractivity contribution in [1.29, 1.82) is 0 Å². The molecule has 7 aromatic rings. The molecule has 0 spiro atoms. The summed E-state index contributed by atoms with van der Waals surface area (Å²) < 4.78 is 15.4. The Kier molecular flexibility index (Phi) is 25.5. The monoisotopic (exact) mass is 1220 g/mol. The average Bonchev–Trinajstić information content (AvgIpc) is 3.43. The van der Waals surface area contributed by atoms with Crippen LogP contribution >= 0.6 is 45.2 Å². The number of ether oxygens (including phenoxy) is 2. The molecule has 7 rings (SSSR count). The summed E-state index contributed by atoms with van der Waals surface area (Å²) in [5.41, 5.74) is 8.07. The molecular formula is C70H92I2O2. The van der Waals surface area contributed by atoms with Crippen LogP contribution in [0.4, 0.5) is 0 Å². The van der Waals surface area contributed by atoms with Gasteiger partial charge in [-0.05, 0) is 185 Å². The van der Waals surface area contributed by atoms with Crippen LogP contribution in [0.15, 0.2) is 97.1 Å². The molecule has 0 heterocycles. The summed E-state index contributed by atoms with van der Waals surface area (Å²) in [7, 11) is 0. The highest BCUT2D eigenvalue weighted by Gasteiger charge is 2.21. The summed E-state index contributed by atoms with van der Waals surface area (Å²) in [5.74, 6) is 1.95. The summed E-state index contributed by atoms with van der Waals surface area (Å²) in [4.78, 5) is 0. The van der Waals surface area contributed by atoms with Crippen molar-refractivity contribution in [2.75, 3.05) is 13.2 Å². The van der Waals surface area contributed by atoms with E-state index in [4.69, 9.17) is 9.47 Å². The third kappa shape index (κ3) is 16.8. The molecule has 0 amide bonds. The topological polar surface area (TPSA) is 18.5 Å². The predicted octanol–water partition coefficient (Wildman–Crippen LogP) is 23.7. The van der Waals surface area contributed by atoms with Gasteiger partial charge in [0.25, 0.3) is 0 Å². The highest BCUT2D eigenvalue weighted by molar-refractivity contribution is 14.1. The number of fused-ring (bicyclic) bond motifs is 6. The van der Waals surface area contributed by atoms with Gasteiger partial charge in [-0.2, -0.15) is 0 Å². The predicted molar refractivity (Wildman–Crippen MR) is 343 cm³/mol. The SMILES string of the molecule is CCCCCCCCCCCCOc1ccc(-c2c(I)c3cc4c(cc3c3ccc(CCCCCC)cc23)c(I)c(-c2ccc(OCCCCCCCCCCCC)cc2)c2cc(CCCCCC)ccc24)cc1. The Morgan fingerprint density at radius 3 is 0.932 bits per heavy atom. The van der Waals surface area contributed by atoms with E-state index in [9.17, 15) is 0 Å². The van der Waals surface area contributed by atoms with Gasteiger partial charge in [-0.1, -0.05) is 242 Å². The molecule has 0 radical (unpaired) electrons. The molecule has 4 heteroatoms. The molecule has 7 aromatic carbocycles. The van der Waals surface area contributed by atoms with Gasteiger partial charge in [0.05, 0.1) is 13.2 Å². The second-order valence-electron chi connectivity index (χ2n) is 21.8. The Labute approximate surface area is 476 Å². The van der Waals surface area contributed by atoms with Crippen LogP contribution in [0, 0.1) is 7.14 Å². The fraction of sp³-hybridized carbons (Fsp3) is 0.514. The van der Waals surface area contributed by atoms with Crippen molar-refractivity contribution in [3.63, 3.8) is 0 Å². The zero-order valence-electron chi connectivity index (χ0n) is 46.4. The second kappa shape index (κ2) is 32.4. The van der Waals surface area contributed by atoms with E-state index in [1.54, 1.807) is 0 Å². The Bertz CT molecular complexity index is 2560. The molecule has 398 valence electrons. The summed E-state index contributed by atoms with van der Waals surface area (Å²) in [5, 5.41) is 10.7. The van der Waals surface area contributed by atoms with E-state index in [2.05, 4.69) is 170 Å². The van der Waals surface area contributed by atoms with Crippen molar-refractivity contribution in [3.8, 4) is 33.8 Å². The van der Waals surface area contributed by atoms with Crippen molar-refractivity contribution >= 4 is 88.3 Å². The summed E-state index contributed by atoms with van der Waals surface area (Å²) >= 11 is 5.38. The van der Waals surface area contributed by atoms with Crippen molar-refractivity contribution < 1.29 is 9.47 Å². The molecule has 0 atom stereocenters. The first kappa shape index (κ1) is 58.3. The molecule has 0 saturated carbocycles. The first-order chi connectivity index (χ1) is 36.4. The summed E-state index contributed by atoms with van der Waals surface area (Å²) in [6.45, 7) is 10.8. The molecule has 0 fully saturated rings. The number of hydrogen-bond acceptors (Lipinski definition) is 2. The zero-order valence-corrected chi connectivity index (χ0v) is 50.8. The van der Waals surface area contributed by atoms with Gasteiger partial charge in [0.2, 0.25) is 0 Å². The van der Waals surface area contributed by atoms with E-state index in [0.717, 1.165) is 50.4 Å². The minimum atomic E-state index is 0.786. The highest BCUT2D eigenvalue weighted by Crippen LogP contribution is 2.46. The fourth-order valence-electron chi connectivity index (χ4n) is 11.4. The molecule has 0 aromatic heterocycles. The van der Waals surface area contributed by atoms with Crippen molar-refractivity contribution in [2.45, 2.75) is 220 Å². The van der Waals surface area contributed by atoms with Crippen molar-refractivity contribution in [2.24, 2.45) is 0 Å². The Morgan fingerprint density at radius 2 is 0.595 bits per heavy atom. The maximum absolute atomic E-state index is 6.36. The molecule has 0 N–H and O–H groups in total. The normalized spacial score (nSPS) is 11.8. The number of benzene rings is 7. The number of unbranched alkanes of at least 4 members (excludes halogenated alkanes) is 24. The van der Waals surface area contributed by atoms with Crippen LogP contribution in [0.5, 0.6) is 11.5 Å². The highest BCUT2D eigenvalue weighted by atomic mass is 127. The average molecular weight is 1220 g/mol. The molecule has 2 nitrogen and oxygen atoms in total. The smallest absolute Gasteiger partial charge is 0.119 e. The van der Waals surface area contributed by atoms with E-state index in [0.29, 0.717) is 0 Å². The largest absolute Gasteiger partial charge is 0.494 e. The lowest BCUT2D eigenvalue weighted by Gasteiger charge is -2.20. The first-order valence-electron chi connectivity index (χ1n) is 30.2. The van der Waals surface area contributed by atoms with Crippen LogP contribution in [0.25, 0.3) is 65.3 Å². The quantitative estimate of drug-likeness (QED) is 0.0169. The lowest BCUT2D eigenvalue weighted by molar-refractivity contribution is 0.304. The van der Waals surface area contributed by atoms with Gasteiger partial charge in [0, 0.05) is 18.3 Å². The number of halogens is 2. The third-order valence-corrected chi connectivity index (χ3v) is 18.1. The van der Waals surface area contributed by atoms with Gasteiger partial charge in [-0.15, -0.1) is 0 Å². The Morgan fingerprint density at radius 1 is 0.284 bits per heavy atom. The van der Waals surface area contributed by atoms with Crippen LogP contribution < -0.4 is 9.47 Å². The number of aryl methyl sites for hydroxylation is 2. The van der Waals surface area contributed by atoms with Gasteiger partial charge in [-0.3, -0.25) is 0 Å². The Hall–Kier alpha value is -3.36. The summed E-state index contributed by atoms with van der Waals surface area (Å²) in [6.07, 6.45) is 39.1. The number of rotatable bonds is 36. The molecule has 0 saturated heterocycles. The van der Waals surface area contributed by atoms with Crippen LogP contribution in [0.1, 0.15) is 219 Å². The molecule has 0 bridgehead atoms. The van der Waals surface area contributed by atoms with Crippen LogP contribution in [0.3, 0.4) is 0 Å². The van der Waals surface area contributed by atoms with Gasteiger partial charge >= 0.3 is 0 Å². The number of hydrogen-bond donors (Lipinski definition) is 0. The zero-order chi connectivity index (χ0) is 51.7. The second-order valence-corrected chi connectivity index (χ2v) is 24.0. The van der Waals surface area contributed by atoms with Crippen LogP contribution in [-0.4, -0.2) is 13.2 Å². The van der Waals surface area contributed by atoms with E-state index in [1.807, 2.05) is 0 Å². The molecule has 0 aliphatic rings. The van der Waals surface area contributed by atoms with E-state index in [1.165, 1.54) is 251 Å². The van der Waals surface area contributed by atoms with Gasteiger partial charge in [0.1, 0.15) is 11.5 Å². The molecule has 0 aliphatic carbocycles. The van der Waals surface area contributed by atoms with Gasteiger partial charge < -0.3 is 9.47 Å². The van der Waals surface area contributed by atoms with Crippen molar-refractivity contribution in [1.82, 2.24) is 0 Å². The molecule has 0 aliphatic heterocycles. The molecule has 0 unspecified atom stereocenters. The molecular weight excluding hydrogens is 1130 g/mol. The van der Waals surface area contributed by atoms with Gasteiger partial charge in [-0.25, -0.2) is 0 Å². The van der Waals surface area contributed by atoms with E-state index in [-0.39, 0.29) is 0 Å². The minimum Gasteiger partial charge on any atom is -0.494 e. The summed E-state index contributed by atoms with van der Waals surface area (Å²) in [6, 6.07) is 37.9. The fourth-order valence-corrected chi connectivity index (χ4v) is 13.5. The van der Waals surface area contributed by atoms with E-state index < -0.39 is 0 Å². The minimum absolute atomic E-state index is 0.786. The lowest BCUT2D eigenvalue weighted by Crippen LogP contribution is -1.98. The van der Waals surface area contributed by atoms with Crippen molar-refractivity contribution in [3.05, 3.63) is 115 Å². The Balaban J connectivity index is 1.19. The lowest BCUT2D eigenvalue weighted by atomic mass is 9.87. The standard InChI is InChI=1S/C70H92I2O2/c1-5-9-13-17-19-21-23-25-27-31-47-73-57-41-37-55(38-42-57)67-63-49-53(33-29-15-11-7-3)35-45-59(63)61-52-66-62(51-65(61)69(67)71)60-46-36-54(34-30-16-12-8-4)50-64(60)68(70(66)72)56-39-43-58(44-40-56)74-48-32-28-26-24-22-20-18-14-10-6-2/h35-46,49-52H,5-34,47-48H2,1-4H3. The van der Waals surface area contributed by atoms with E-state index >= 15 is 0 Å². The third-order valence-electron chi connectivity index (χ3n) is 15.8. The maximum atomic E-state index is 6.36. The maximum Gasteiger partial charge on any atom is 0.119 e.